The van der Waals surface area contributed by atoms with Gasteiger partial charge in [0.2, 0.25) is 0 Å². The van der Waals surface area contributed by atoms with Crippen LogP contribution in [0.1, 0.15) is 19.4 Å². The highest BCUT2D eigenvalue weighted by Gasteiger charge is 2.00. The molecule has 0 spiro atoms. The number of esters is 1. The Kier molecular flexibility index (Phi) is 8.10. The third kappa shape index (κ3) is 6.58. The van der Waals surface area contributed by atoms with Gasteiger partial charge in [-0.1, -0.05) is 12.1 Å². The number of aromatic hydroxyl groups is 1. The summed E-state index contributed by atoms with van der Waals surface area (Å²) in [5, 5.41) is 9.25. The van der Waals surface area contributed by atoms with E-state index < -0.39 is 0 Å². The minimum atomic E-state index is -0.211. The number of carbonyl (C=O) groups excluding carboxylic acids is 1. The molecule has 0 saturated heterocycles. The smallest absolute Gasteiger partial charge is 0.302 e. The Morgan fingerprint density at radius 1 is 1.50 bits per heavy atom. The summed E-state index contributed by atoms with van der Waals surface area (Å²) in [7, 11) is 1.53. The van der Waals surface area contributed by atoms with E-state index >= 15 is 0 Å². The third-order valence-corrected chi connectivity index (χ3v) is 1.97. The quantitative estimate of drug-likeness (QED) is 0.661. The molecular weight excluding hydrogens is 232 g/mol. The van der Waals surface area contributed by atoms with E-state index in [0.29, 0.717) is 12.4 Å². The van der Waals surface area contributed by atoms with Crippen LogP contribution in [0.15, 0.2) is 30.9 Å². The van der Waals surface area contributed by atoms with Crippen LogP contribution in [0.4, 0.5) is 0 Å². The van der Waals surface area contributed by atoms with E-state index in [-0.39, 0.29) is 11.7 Å². The second kappa shape index (κ2) is 9.10. The van der Waals surface area contributed by atoms with Gasteiger partial charge in [0.15, 0.2) is 11.5 Å². The lowest BCUT2D eigenvalue weighted by Gasteiger charge is -2.04. The summed E-state index contributed by atoms with van der Waals surface area (Å²) in [6.07, 6.45) is 2.60. The molecule has 1 rings (SSSR count). The number of methoxy groups -OCH3 is 1. The lowest BCUT2D eigenvalue weighted by atomic mass is 10.1. The van der Waals surface area contributed by atoms with Gasteiger partial charge in [-0.3, -0.25) is 4.79 Å². The van der Waals surface area contributed by atoms with Crippen molar-refractivity contribution in [2.24, 2.45) is 0 Å². The summed E-state index contributed by atoms with van der Waals surface area (Å²) in [5.41, 5.74) is 1.08. The van der Waals surface area contributed by atoms with Crippen molar-refractivity contribution < 1.29 is 19.4 Å². The first-order valence-electron chi connectivity index (χ1n) is 5.65. The maximum atomic E-state index is 9.82. The van der Waals surface area contributed by atoms with Crippen molar-refractivity contribution in [2.75, 3.05) is 13.7 Å². The number of rotatable bonds is 4. The van der Waals surface area contributed by atoms with Gasteiger partial charge >= 0.3 is 5.97 Å². The van der Waals surface area contributed by atoms with Crippen molar-refractivity contribution in [1.82, 2.24) is 0 Å². The molecule has 0 atom stereocenters. The average Bonchev–Trinajstić information content (AvgIpc) is 2.32. The molecule has 0 unspecified atom stereocenters. The average molecular weight is 252 g/mol. The Hall–Kier alpha value is -1.97. The van der Waals surface area contributed by atoms with Crippen molar-refractivity contribution in [3.05, 3.63) is 36.4 Å². The zero-order valence-corrected chi connectivity index (χ0v) is 11.1. The molecule has 100 valence electrons. The number of phenols is 1. The molecule has 0 amide bonds. The zero-order valence-electron chi connectivity index (χ0n) is 11.1. The van der Waals surface area contributed by atoms with Crippen molar-refractivity contribution in [3.8, 4) is 11.5 Å². The largest absolute Gasteiger partial charge is 0.504 e. The molecule has 0 saturated carbocycles. The normalized spacial score (nSPS) is 8.83. The molecule has 0 bridgehead atoms. The highest BCUT2D eigenvalue weighted by atomic mass is 16.5. The molecule has 0 aliphatic heterocycles. The Morgan fingerprint density at radius 2 is 2.17 bits per heavy atom. The topological polar surface area (TPSA) is 55.8 Å². The summed E-state index contributed by atoms with van der Waals surface area (Å²) in [6, 6.07) is 5.27. The minimum Gasteiger partial charge on any atom is -0.504 e. The van der Waals surface area contributed by atoms with E-state index in [0.717, 1.165) is 12.0 Å². The first kappa shape index (κ1) is 16.0. The van der Waals surface area contributed by atoms with E-state index in [4.69, 9.17) is 4.74 Å². The Labute approximate surface area is 108 Å². The van der Waals surface area contributed by atoms with E-state index in [1.54, 1.807) is 19.1 Å². The van der Waals surface area contributed by atoms with Gasteiger partial charge in [0.1, 0.15) is 0 Å². The second-order valence-electron chi connectivity index (χ2n) is 3.42. The van der Waals surface area contributed by atoms with Crippen LogP contribution in [0.2, 0.25) is 0 Å². The zero-order chi connectivity index (χ0) is 14.0. The molecule has 1 N–H and O–H groups in total. The number of benzene rings is 1. The summed E-state index contributed by atoms with van der Waals surface area (Å²) in [4.78, 5) is 9.82. The SMILES string of the molecule is C=CCc1ccc(O)c(OC)c1.CCOC(C)=O. The molecule has 4 heteroatoms. The molecular formula is C14H20O4. The summed E-state index contributed by atoms with van der Waals surface area (Å²) in [6.45, 7) is 7.28. The Balaban J connectivity index is 0.000000411. The van der Waals surface area contributed by atoms with Crippen LogP contribution in [0.3, 0.4) is 0 Å². The first-order chi connectivity index (χ1) is 8.54. The fraction of sp³-hybridized carbons (Fsp3) is 0.357. The number of hydrogen-bond acceptors (Lipinski definition) is 4. The van der Waals surface area contributed by atoms with E-state index in [2.05, 4.69) is 11.3 Å². The van der Waals surface area contributed by atoms with Crippen LogP contribution in [-0.2, 0) is 16.0 Å². The molecule has 0 aliphatic carbocycles. The lowest BCUT2D eigenvalue weighted by Crippen LogP contribution is -1.95. The van der Waals surface area contributed by atoms with Crippen LogP contribution in [-0.4, -0.2) is 24.8 Å². The molecule has 4 nitrogen and oxygen atoms in total. The monoisotopic (exact) mass is 252 g/mol. The maximum Gasteiger partial charge on any atom is 0.302 e. The standard InChI is InChI=1S/C10H12O2.C4H8O2/c1-3-4-8-5-6-9(11)10(7-8)12-2;1-3-6-4(2)5/h3,5-7,11H,1,4H2,2H3;3H2,1-2H3. The van der Waals surface area contributed by atoms with Crippen LogP contribution in [0, 0.1) is 0 Å². The Bertz CT molecular complexity index is 385. The van der Waals surface area contributed by atoms with Crippen molar-refractivity contribution in [1.29, 1.82) is 0 Å². The predicted molar refractivity (Wildman–Crippen MR) is 70.9 cm³/mol. The van der Waals surface area contributed by atoms with E-state index in [9.17, 15) is 9.90 Å². The molecule has 0 fully saturated rings. The van der Waals surface area contributed by atoms with E-state index in [1.165, 1.54) is 14.0 Å². The van der Waals surface area contributed by atoms with Crippen molar-refractivity contribution in [2.45, 2.75) is 20.3 Å². The van der Waals surface area contributed by atoms with Crippen LogP contribution >= 0.6 is 0 Å². The van der Waals surface area contributed by atoms with Crippen molar-refractivity contribution in [3.63, 3.8) is 0 Å². The van der Waals surface area contributed by atoms with Crippen LogP contribution in [0.5, 0.6) is 11.5 Å². The van der Waals surface area contributed by atoms with Gasteiger partial charge in [-0.15, -0.1) is 6.58 Å². The fourth-order valence-electron chi connectivity index (χ4n) is 1.22. The number of allylic oxidation sites excluding steroid dienone is 1. The van der Waals surface area contributed by atoms with Gasteiger partial charge < -0.3 is 14.6 Å². The molecule has 0 radical (unpaired) electrons. The molecule has 18 heavy (non-hydrogen) atoms. The molecule has 1 aromatic carbocycles. The Morgan fingerprint density at radius 3 is 2.56 bits per heavy atom. The van der Waals surface area contributed by atoms with Gasteiger partial charge in [0.05, 0.1) is 13.7 Å². The van der Waals surface area contributed by atoms with Gasteiger partial charge in [0.25, 0.3) is 0 Å². The summed E-state index contributed by atoms with van der Waals surface area (Å²) >= 11 is 0. The summed E-state index contributed by atoms with van der Waals surface area (Å²) in [5.74, 6) is 0.470. The highest BCUT2D eigenvalue weighted by Crippen LogP contribution is 2.26. The molecule has 0 aliphatic rings. The van der Waals surface area contributed by atoms with Gasteiger partial charge in [-0.2, -0.15) is 0 Å². The first-order valence-corrected chi connectivity index (χ1v) is 5.65. The van der Waals surface area contributed by atoms with E-state index in [1.807, 2.05) is 12.1 Å². The lowest BCUT2D eigenvalue weighted by molar-refractivity contribution is -0.140. The number of phenolic OH excluding ortho intramolecular Hbond substituents is 1. The fourth-order valence-corrected chi connectivity index (χ4v) is 1.22. The highest BCUT2D eigenvalue weighted by molar-refractivity contribution is 5.65. The number of hydrogen-bond donors (Lipinski definition) is 1. The van der Waals surface area contributed by atoms with Gasteiger partial charge in [0, 0.05) is 6.92 Å². The third-order valence-electron chi connectivity index (χ3n) is 1.97. The molecule has 1 aromatic rings. The number of ether oxygens (including phenoxy) is 2. The molecule has 0 heterocycles. The predicted octanol–water partition coefficient (Wildman–Crippen LogP) is 2.70. The molecule has 0 aromatic heterocycles. The summed E-state index contributed by atoms with van der Waals surface area (Å²) < 4.78 is 9.35. The van der Waals surface area contributed by atoms with Crippen molar-refractivity contribution >= 4 is 5.97 Å². The van der Waals surface area contributed by atoms with Crippen LogP contribution < -0.4 is 4.74 Å². The maximum absolute atomic E-state index is 9.82. The number of carbonyl (C=O) groups is 1. The second-order valence-corrected chi connectivity index (χ2v) is 3.42. The van der Waals surface area contributed by atoms with Gasteiger partial charge in [-0.25, -0.2) is 0 Å². The van der Waals surface area contributed by atoms with Crippen LogP contribution in [0.25, 0.3) is 0 Å². The minimum absolute atomic E-state index is 0.172. The van der Waals surface area contributed by atoms with Gasteiger partial charge in [-0.05, 0) is 31.0 Å².